The number of esters is 1. The number of benzene rings is 2. The molecule has 0 N–H and O–H groups in total. The summed E-state index contributed by atoms with van der Waals surface area (Å²) in [6.45, 7) is 0. The van der Waals surface area contributed by atoms with Crippen molar-refractivity contribution in [1.29, 1.82) is 0 Å². The Balaban J connectivity index is 2.24. The van der Waals surface area contributed by atoms with E-state index in [0.29, 0.717) is 0 Å². The second-order valence-corrected chi connectivity index (χ2v) is 3.81. The predicted molar refractivity (Wildman–Crippen MR) is 74.1 cm³/mol. The van der Waals surface area contributed by atoms with E-state index in [1.165, 1.54) is 24.0 Å². The summed E-state index contributed by atoms with van der Waals surface area (Å²) in [7, 11) is 1.36. The maximum absolute atomic E-state index is 10.9. The summed E-state index contributed by atoms with van der Waals surface area (Å²) in [5, 5.41) is 2.40. The highest BCUT2D eigenvalue weighted by Gasteiger charge is 1.95. The van der Waals surface area contributed by atoms with Gasteiger partial charge in [-0.15, -0.1) is 0 Å². The fourth-order valence-electron chi connectivity index (χ4n) is 1.76. The molecule has 2 aromatic carbocycles. The molecule has 0 spiro atoms. The number of carbonyl (C=O) groups excluding carboxylic acids is 1. The minimum Gasteiger partial charge on any atom is -0.466 e. The zero-order valence-corrected chi connectivity index (χ0v) is 10.2. The lowest BCUT2D eigenvalue weighted by Gasteiger charge is -2.00. The van der Waals surface area contributed by atoms with E-state index >= 15 is 0 Å². The van der Waals surface area contributed by atoms with Crippen LogP contribution in [0, 0.1) is 0 Å². The fraction of sp³-hybridized carbons (Fsp3) is 0.0625. The van der Waals surface area contributed by atoms with Crippen molar-refractivity contribution < 1.29 is 9.53 Å². The van der Waals surface area contributed by atoms with Crippen LogP contribution in [0.25, 0.3) is 16.8 Å². The van der Waals surface area contributed by atoms with Gasteiger partial charge in [0.1, 0.15) is 0 Å². The fourth-order valence-corrected chi connectivity index (χ4v) is 1.76. The molecule has 0 unspecified atom stereocenters. The summed E-state index contributed by atoms with van der Waals surface area (Å²) in [6, 6.07) is 14.3. The molecule has 0 aliphatic rings. The maximum atomic E-state index is 10.9. The molecular formula is C16H14O2. The van der Waals surface area contributed by atoms with E-state index in [0.717, 1.165) is 5.56 Å². The standard InChI is InChI=1S/C16H14O2/c1-18-16(17)12-5-3-8-14-10-6-9-13-7-2-4-11-15(13)14/h2-12H,1H3. The van der Waals surface area contributed by atoms with E-state index in [-0.39, 0.29) is 5.97 Å². The SMILES string of the molecule is COC(=O)C=CC=Cc1cccc2ccccc12. The summed E-state index contributed by atoms with van der Waals surface area (Å²) in [4.78, 5) is 10.9. The molecule has 0 aliphatic carbocycles. The van der Waals surface area contributed by atoms with E-state index in [1.54, 1.807) is 6.08 Å². The van der Waals surface area contributed by atoms with Gasteiger partial charge in [-0.25, -0.2) is 4.79 Å². The minimum atomic E-state index is -0.349. The molecule has 0 bridgehead atoms. The van der Waals surface area contributed by atoms with Gasteiger partial charge in [0.25, 0.3) is 0 Å². The lowest BCUT2D eigenvalue weighted by Crippen LogP contribution is -1.92. The number of methoxy groups -OCH3 is 1. The van der Waals surface area contributed by atoms with Crippen molar-refractivity contribution in [3.8, 4) is 0 Å². The van der Waals surface area contributed by atoms with Gasteiger partial charge in [0.15, 0.2) is 0 Å². The Hall–Kier alpha value is -2.35. The second-order valence-electron chi connectivity index (χ2n) is 3.81. The largest absolute Gasteiger partial charge is 0.466 e. The molecule has 2 aromatic rings. The van der Waals surface area contributed by atoms with Gasteiger partial charge < -0.3 is 4.74 Å². The molecule has 0 aromatic heterocycles. The van der Waals surface area contributed by atoms with E-state index in [9.17, 15) is 4.79 Å². The number of ether oxygens (including phenoxy) is 1. The molecule has 2 nitrogen and oxygen atoms in total. The van der Waals surface area contributed by atoms with E-state index in [1.807, 2.05) is 36.4 Å². The Labute approximate surface area is 106 Å². The van der Waals surface area contributed by atoms with Gasteiger partial charge in [-0.05, 0) is 16.3 Å². The van der Waals surface area contributed by atoms with Crippen molar-refractivity contribution in [2.24, 2.45) is 0 Å². The topological polar surface area (TPSA) is 26.3 Å². The van der Waals surface area contributed by atoms with Crippen molar-refractivity contribution in [2.75, 3.05) is 7.11 Å². The van der Waals surface area contributed by atoms with Gasteiger partial charge in [-0.1, -0.05) is 60.7 Å². The van der Waals surface area contributed by atoms with Crippen LogP contribution in [0.15, 0.2) is 60.7 Å². The van der Waals surface area contributed by atoms with Crippen molar-refractivity contribution in [3.05, 3.63) is 66.3 Å². The third-order valence-electron chi connectivity index (χ3n) is 2.64. The summed E-state index contributed by atoms with van der Waals surface area (Å²) in [5.74, 6) is -0.349. The van der Waals surface area contributed by atoms with Crippen LogP contribution in [0.3, 0.4) is 0 Å². The van der Waals surface area contributed by atoms with Crippen LogP contribution >= 0.6 is 0 Å². The zero-order valence-electron chi connectivity index (χ0n) is 10.2. The lowest BCUT2D eigenvalue weighted by molar-refractivity contribution is -0.134. The van der Waals surface area contributed by atoms with Crippen LogP contribution < -0.4 is 0 Å². The number of fused-ring (bicyclic) bond motifs is 1. The first-order chi connectivity index (χ1) is 8.81. The van der Waals surface area contributed by atoms with Crippen LogP contribution in [-0.2, 0) is 9.53 Å². The summed E-state index contributed by atoms with van der Waals surface area (Å²) in [6.07, 6.45) is 6.87. The van der Waals surface area contributed by atoms with Crippen LogP contribution in [0.2, 0.25) is 0 Å². The van der Waals surface area contributed by atoms with Gasteiger partial charge in [-0.2, -0.15) is 0 Å². The number of hydrogen-bond donors (Lipinski definition) is 0. The maximum Gasteiger partial charge on any atom is 0.330 e. The average Bonchev–Trinajstić information content (AvgIpc) is 2.43. The molecule has 0 radical (unpaired) electrons. The monoisotopic (exact) mass is 238 g/mol. The van der Waals surface area contributed by atoms with Crippen molar-refractivity contribution in [2.45, 2.75) is 0 Å². The molecule has 0 saturated carbocycles. The zero-order chi connectivity index (χ0) is 12.8. The second kappa shape index (κ2) is 5.82. The highest BCUT2D eigenvalue weighted by molar-refractivity contribution is 5.90. The summed E-state index contributed by atoms with van der Waals surface area (Å²) >= 11 is 0. The molecule has 0 aliphatic heterocycles. The average molecular weight is 238 g/mol. The third kappa shape index (κ3) is 2.86. The molecule has 0 fully saturated rings. The van der Waals surface area contributed by atoms with Gasteiger partial charge in [0, 0.05) is 6.08 Å². The van der Waals surface area contributed by atoms with Crippen LogP contribution in [0.1, 0.15) is 5.56 Å². The van der Waals surface area contributed by atoms with Gasteiger partial charge in [0.05, 0.1) is 7.11 Å². The molecule has 18 heavy (non-hydrogen) atoms. The molecule has 0 saturated heterocycles. The quantitative estimate of drug-likeness (QED) is 0.464. The number of rotatable bonds is 3. The van der Waals surface area contributed by atoms with Crippen LogP contribution in [-0.4, -0.2) is 13.1 Å². The molecule has 0 atom stereocenters. The highest BCUT2D eigenvalue weighted by Crippen LogP contribution is 2.19. The first-order valence-corrected chi connectivity index (χ1v) is 5.72. The van der Waals surface area contributed by atoms with E-state index < -0.39 is 0 Å². The first kappa shape index (κ1) is 12.1. The molecule has 2 heteroatoms. The highest BCUT2D eigenvalue weighted by atomic mass is 16.5. The van der Waals surface area contributed by atoms with Crippen LogP contribution in [0.5, 0.6) is 0 Å². The molecular weight excluding hydrogens is 224 g/mol. The van der Waals surface area contributed by atoms with Crippen molar-refractivity contribution >= 4 is 22.8 Å². The Morgan fingerprint density at radius 1 is 1.06 bits per heavy atom. The van der Waals surface area contributed by atoms with Crippen molar-refractivity contribution in [3.63, 3.8) is 0 Å². The molecule has 0 amide bonds. The number of allylic oxidation sites excluding steroid dienone is 2. The Morgan fingerprint density at radius 2 is 1.83 bits per heavy atom. The van der Waals surface area contributed by atoms with Gasteiger partial charge >= 0.3 is 5.97 Å². The van der Waals surface area contributed by atoms with Gasteiger partial charge in [0.2, 0.25) is 0 Å². The van der Waals surface area contributed by atoms with E-state index in [2.05, 4.69) is 22.9 Å². The Bertz CT molecular complexity index is 604. The Kier molecular flexibility index (Phi) is 3.92. The number of hydrogen-bond acceptors (Lipinski definition) is 2. The summed E-state index contributed by atoms with van der Waals surface area (Å²) in [5.41, 5.74) is 1.13. The minimum absolute atomic E-state index is 0.349. The van der Waals surface area contributed by atoms with Crippen molar-refractivity contribution in [1.82, 2.24) is 0 Å². The van der Waals surface area contributed by atoms with Crippen LogP contribution in [0.4, 0.5) is 0 Å². The van der Waals surface area contributed by atoms with E-state index in [4.69, 9.17) is 0 Å². The van der Waals surface area contributed by atoms with Gasteiger partial charge in [-0.3, -0.25) is 0 Å². The summed E-state index contributed by atoms with van der Waals surface area (Å²) < 4.78 is 4.51. The Morgan fingerprint density at radius 3 is 2.67 bits per heavy atom. The normalized spacial score (nSPS) is 11.4. The predicted octanol–water partition coefficient (Wildman–Crippen LogP) is 3.58. The first-order valence-electron chi connectivity index (χ1n) is 5.72. The number of carbonyl (C=O) groups is 1. The molecule has 0 heterocycles. The molecule has 2 rings (SSSR count). The smallest absolute Gasteiger partial charge is 0.330 e. The molecule has 90 valence electrons. The third-order valence-corrected chi connectivity index (χ3v) is 2.64. The lowest BCUT2D eigenvalue weighted by atomic mass is 10.0.